The molecule has 2 aromatic rings. The van der Waals surface area contributed by atoms with Gasteiger partial charge in [0.1, 0.15) is 18.2 Å². The lowest BCUT2D eigenvalue weighted by atomic mass is 9.97. The first kappa shape index (κ1) is 20.6. The fraction of sp³-hybridized carbons (Fsp3) is 0.364. The van der Waals surface area contributed by atoms with Crippen LogP contribution in [0.25, 0.3) is 0 Å². The number of hydrogen-bond acceptors (Lipinski definition) is 4. The van der Waals surface area contributed by atoms with E-state index in [2.05, 4.69) is 5.32 Å². The van der Waals surface area contributed by atoms with Crippen molar-refractivity contribution >= 4 is 17.7 Å². The first-order valence-corrected chi connectivity index (χ1v) is 9.75. The number of halogens is 1. The summed E-state index contributed by atoms with van der Waals surface area (Å²) in [5, 5.41) is 2.89. The number of carbonyl (C=O) groups is 2. The number of rotatable bonds is 6. The summed E-state index contributed by atoms with van der Waals surface area (Å²) in [6.07, 6.45) is 1.10. The molecule has 7 heteroatoms. The van der Waals surface area contributed by atoms with Gasteiger partial charge < -0.3 is 19.7 Å². The van der Waals surface area contributed by atoms with Gasteiger partial charge in [0.15, 0.2) is 0 Å². The standard InChI is InChI=1S/C22H25FN2O4/c1-2-28-22(27)25-11-5-7-17(14-25)21(26)24-19-9-4-10-20(13-19)29-15-16-6-3-8-18(23)12-16/h3-4,6,8-10,12-13,17H,2,5,7,11,14-15H2,1H3,(H,24,26). The van der Waals surface area contributed by atoms with Crippen LogP contribution in [0.5, 0.6) is 5.75 Å². The van der Waals surface area contributed by atoms with Crippen LogP contribution in [-0.4, -0.2) is 36.6 Å². The molecule has 1 fully saturated rings. The van der Waals surface area contributed by atoms with Crippen LogP contribution in [0.4, 0.5) is 14.9 Å². The Morgan fingerprint density at radius 2 is 2.03 bits per heavy atom. The van der Waals surface area contributed by atoms with E-state index in [9.17, 15) is 14.0 Å². The van der Waals surface area contributed by atoms with Crippen molar-refractivity contribution in [2.24, 2.45) is 5.92 Å². The number of amides is 2. The van der Waals surface area contributed by atoms with Crippen molar-refractivity contribution in [1.29, 1.82) is 0 Å². The summed E-state index contributed by atoms with van der Waals surface area (Å²) >= 11 is 0. The molecule has 0 aromatic heterocycles. The third-order valence-corrected chi connectivity index (χ3v) is 4.71. The third-order valence-electron chi connectivity index (χ3n) is 4.71. The molecule has 2 aromatic carbocycles. The van der Waals surface area contributed by atoms with Gasteiger partial charge in [-0.2, -0.15) is 0 Å². The molecule has 0 saturated carbocycles. The molecule has 0 spiro atoms. The predicted molar refractivity (Wildman–Crippen MR) is 107 cm³/mol. The van der Waals surface area contributed by atoms with E-state index in [1.54, 1.807) is 48.2 Å². The molecular formula is C22H25FN2O4. The Labute approximate surface area is 169 Å². The molecule has 1 saturated heterocycles. The van der Waals surface area contributed by atoms with Gasteiger partial charge in [-0.05, 0) is 49.6 Å². The normalized spacial score (nSPS) is 16.2. The van der Waals surface area contributed by atoms with Crippen LogP contribution in [0, 0.1) is 11.7 Å². The smallest absolute Gasteiger partial charge is 0.409 e. The summed E-state index contributed by atoms with van der Waals surface area (Å²) < 4.78 is 24.0. The van der Waals surface area contributed by atoms with Crippen molar-refractivity contribution in [3.8, 4) is 5.75 Å². The second-order valence-corrected chi connectivity index (χ2v) is 6.92. The van der Waals surface area contributed by atoms with E-state index in [0.717, 1.165) is 18.4 Å². The second-order valence-electron chi connectivity index (χ2n) is 6.92. The minimum absolute atomic E-state index is 0.138. The highest BCUT2D eigenvalue weighted by atomic mass is 19.1. The zero-order chi connectivity index (χ0) is 20.6. The first-order valence-electron chi connectivity index (χ1n) is 9.75. The lowest BCUT2D eigenvalue weighted by Gasteiger charge is -2.31. The van der Waals surface area contributed by atoms with E-state index >= 15 is 0 Å². The van der Waals surface area contributed by atoms with Crippen molar-refractivity contribution in [2.75, 3.05) is 25.0 Å². The monoisotopic (exact) mass is 400 g/mol. The van der Waals surface area contributed by atoms with Gasteiger partial charge in [-0.3, -0.25) is 4.79 Å². The zero-order valence-corrected chi connectivity index (χ0v) is 16.4. The van der Waals surface area contributed by atoms with Crippen LogP contribution >= 0.6 is 0 Å². The molecule has 29 heavy (non-hydrogen) atoms. The van der Waals surface area contributed by atoms with E-state index < -0.39 is 0 Å². The summed E-state index contributed by atoms with van der Waals surface area (Å²) in [7, 11) is 0. The van der Waals surface area contributed by atoms with Crippen LogP contribution in [0.2, 0.25) is 0 Å². The van der Waals surface area contributed by atoms with E-state index in [-0.39, 0.29) is 30.3 Å². The third kappa shape index (κ3) is 5.94. The van der Waals surface area contributed by atoms with Crippen LogP contribution in [0.3, 0.4) is 0 Å². The molecule has 6 nitrogen and oxygen atoms in total. The number of nitrogens with zero attached hydrogens (tertiary/aromatic N) is 1. The van der Waals surface area contributed by atoms with Crippen molar-refractivity contribution in [1.82, 2.24) is 4.90 Å². The molecular weight excluding hydrogens is 375 g/mol. The van der Waals surface area contributed by atoms with E-state index in [4.69, 9.17) is 9.47 Å². The van der Waals surface area contributed by atoms with Crippen molar-refractivity contribution < 1.29 is 23.5 Å². The highest BCUT2D eigenvalue weighted by Gasteiger charge is 2.29. The Bertz CT molecular complexity index is 858. The molecule has 1 unspecified atom stereocenters. The fourth-order valence-corrected chi connectivity index (χ4v) is 3.27. The van der Waals surface area contributed by atoms with Gasteiger partial charge >= 0.3 is 6.09 Å². The number of piperidine rings is 1. The quantitative estimate of drug-likeness (QED) is 0.789. The van der Waals surface area contributed by atoms with Gasteiger partial charge in [0.2, 0.25) is 5.91 Å². The van der Waals surface area contributed by atoms with Crippen molar-refractivity contribution in [2.45, 2.75) is 26.4 Å². The average Bonchev–Trinajstić information content (AvgIpc) is 2.73. The summed E-state index contributed by atoms with van der Waals surface area (Å²) in [6.45, 7) is 3.25. The molecule has 154 valence electrons. The first-order chi connectivity index (χ1) is 14.0. The number of benzene rings is 2. The van der Waals surface area contributed by atoms with Gasteiger partial charge in [-0.25, -0.2) is 9.18 Å². The Kier molecular flexibility index (Phi) is 7.05. The molecule has 0 aliphatic carbocycles. The molecule has 1 N–H and O–H groups in total. The Morgan fingerprint density at radius 1 is 1.21 bits per heavy atom. The number of carbonyl (C=O) groups excluding carboxylic acids is 2. The van der Waals surface area contributed by atoms with Gasteiger partial charge in [0.05, 0.1) is 12.5 Å². The SMILES string of the molecule is CCOC(=O)N1CCCC(C(=O)Nc2cccc(OCc3cccc(F)c3)c2)C1. The molecule has 3 rings (SSSR count). The van der Waals surface area contributed by atoms with E-state index in [1.165, 1.54) is 12.1 Å². The molecule has 1 atom stereocenters. The van der Waals surface area contributed by atoms with Crippen LogP contribution < -0.4 is 10.1 Å². The summed E-state index contributed by atoms with van der Waals surface area (Å²) in [4.78, 5) is 26.1. The lowest BCUT2D eigenvalue weighted by Crippen LogP contribution is -2.44. The number of likely N-dealkylation sites (tertiary alicyclic amines) is 1. The molecule has 1 heterocycles. The topological polar surface area (TPSA) is 67.9 Å². The minimum Gasteiger partial charge on any atom is -0.489 e. The number of nitrogens with one attached hydrogen (secondary N) is 1. The molecule has 2 amide bonds. The van der Waals surface area contributed by atoms with Crippen molar-refractivity contribution in [3.05, 3.63) is 59.9 Å². The van der Waals surface area contributed by atoms with E-state index in [1.807, 2.05) is 0 Å². The van der Waals surface area contributed by atoms with Crippen LogP contribution in [0.15, 0.2) is 48.5 Å². The van der Waals surface area contributed by atoms with Crippen LogP contribution in [-0.2, 0) is 16.1 Å². The Hall–Kier alpha value is -3.09. The summed E-state index contributed by atoms with van der Waals surface area (Å²) in [6, 6.07) is 13.3. The predicted octanol–water partition coefficient (Wildman–Crippen LogP) is 4.21. The van der Waals surface area contributed by atoms with E-state index in [0.29, 0.717) is 31.1 Å². The van der Waals surface area contributed by atoms with Gasteiger partial charge in [0, 0.05) is 24.8 Å². The van der Waals surface area contributed by atoms with Crippen LogP contribution in [0.1, 0.15) is 25.3 Å². The fourth-order valence-electron chi connectivity index (χ4n) is 3.27. The maximum atomic E-state index is 13.3. The second kappa shape index (κ2) is 9.91. The summed E-state index contributed by atoms with van der Waals surface area (Å²) in [5.74, 6) is -0.161. The van der Waals surface area contributed by atoms with Gasteiger partial charge in [0.25, 0.3) is 0 Å². The maximum Gasteiger partial charge on any atom is 0.409 e. The van der Waals surface area contributed by atoms with Crippen molar-refractivity contribution in [3.63, 3.8) is 0 Å². The molecule has 0 bridgehead atoms. The highest BCUT2D eigenvalue weighted by molar-refractivity contribution is 5.93. The van der Waals surface area contributed by atoms with Gasteiger partial charge in [-0.1, -0.05) is 18.2 Å². The largest absolute Gasteiger partial charge is 0.489 e. The van der Waals surface area contributed by atoms with Gasteiger partial charge in [-0.15, -0.1) is 0 Å². The maximum absolute atomic E-state index is 13.3. The molecule has 0 radical (unpaired) electrons. The Balaban J connectivity index is 1.56. The Morgan fingerprint density at radius 3 is 2.83 bits per heavy atom. The lowest BCUT2D eigenvalue weighted by molar-refractivity contribution is -0.121. The summed E-state index contributed by atoms with van der Waals surface area (Å²) in [5.41, 5.74) is 1.33. The molecule has 1 aliphatic rings. The number of hydrogen-bond donors (Lipinski definition) is 1. The highest BCUT2D eigenvalue weighted by Crippen LogP contribution is 2.22. The zero-order valence-electron chi connectivity index (χ0n) is 16.4. The molecule has 1 aliphatic heterocycles. The number of anilines is 1. The number of ether oxygens (including phenoxy) is 2. The average molecular weight is 400 g/mol. The minimum atomic E-state index is -0.377.